The van der Waals surface area contributed by atoms with Crippen molar-refractivity contribution in [1.29, 1.82) is 0 Å². The average Bonchev–Trinajstić information content (AvgIpc) is 2.34. The molecule has 0 spiro atoms. The van der Waals surface area contributed by atoms with Crippen molar-refractivity contribution >= 4 is 44.6 Å². The topological polar surface area (TPSA) is 50.9 Å². The maximum atomic E-state index is 13.6. The molecule has 3 N–H and O–H groups in total. The summed E-state index contributed by atoms with van der Waals surface area (Å²) in [4.78, 5) is 4.16. The van der Waals surface area contributed by atoms with Crippen LogP contribution in [0.25, 0.3) is 0 Å². The van der Waals surface area contributed by atoms with Crippen LogP contribution in [-0.2, 0) is 0 Å². The zero-order valence-corrected chi connectivity index (χ0v) is 11.9. The van der Waals surface area contributed by atoms with Crippen molar-refractivity contribution in [1.82, 2.24) is 4.98 Å². The van der Waals surface area contributed by atoms with Gasteiger partial charge in [-0.05, 0) is 24.3 Å². The number of thiocarbonyl (C=S) groups is 1. The van der Waals surface area contributed by atoms with E-state index < -0.39 is 11.6 Å². The van der Waals surface area contributed by atoms with E-state index in [1.165, 1.54) is 0 Å². The molecule has 0 aliphatic rings. The van der Waals surface area contributed by atoms with Crippen molar-refractivity contribution < 1.29 is 8.78 Å². The minimum absolute atomic E-state index is 0.111. The molecule has 0 saturated carbocycles. The van der Waals surface area contributed by atoms with Crippen molar-refractivity contribution in [2.24, 2.45) is 5.73 Å². The van der Waals surface area contributed by atoms with Gasteiger partial charge in [-0.1, -0.05) is 34.2 Å². The van der Waals surface area contributed by atoms with Crippen molar-refractivity contribution in [3.05, 3.63) is 52.1 Å². The fourth-order valence-electron chi connectivity index (χ4n) is 1.43. The predicted octanol–water partition coefficient (Wildman–Crippen LogP) is 3.50. The summed E-state index contributed by atoms with van der Waals surface area (Å²) >= 11 is 7.79. The van der Waals surface area contributed by atoms with Gasteiger partial charge in [-0.2, -0.15) is 0 Å². The largest absolute Gasteiger partial charge is 0.388 e. The molecule has 0 atom stereocenters. The Morgan fingerprint density at radius 1 is 1.26 bits per heavy atom. The van der Waals surface area contributed by atoms with Gasteiger partial charge in [-0.3, -0.25) is 0 Å². The highest BCUT2D eigenvalue weighted by Gasteiger charge is 2.11. The molecule has 1 aromatic heterocycles. The van der Waals surface area contributed by atoms with Crippen LogP contribution in [0.1, 0.15) is 5.69 Å². The molecule has 1 aromatic carbocycles. The number of nitrogens with two attached hydrogens (primary N) is 1. The molecule has 0 aliphatic heterocycles. The van der Waals surface area contributed by atoms with E-state index in [1.54, 1.807) is 18.2 Å². The molecular formula is C12H8BrF2N3S. The smallest absolute Gasteiger partial charge is 0.150 e. The lowest BCUT2D eigenvalue weighted by Crippen LogP contribution is -2.12. The second kappa shape index (κ2) is 5.58. The number of pyridine rings is 1. The highest BCUT2D eigenvalue weighted by atomic mass is 79.9. The summed E-state index contributed by atoms with van der Waals surface area (Å²) < 4.78 is 27.6. The zero-order valence-electron chi connectivity index (χ0n) is 9.45. The van der Waals surface area contributed by atoms with E-state index in [1.807, 2.05) is 0 Å². The molecule has 98 valence electrons. The van der Waals surface area contributed by atoms with Gasteiger partial charge in [0.1, 0.15) is 16.5 Å². The summed E-state index contributed by atoms with van der Waals surface area (Å²) in [6.45, 7) is 0. The maximum Gasteiger partial charge on any atom is 0.150 e. The number of benzene rings is 1. The van der Waals surface area contributed by atoms with Crippen LogP contribution in [0.2, 0.25) is 0 Å². The van der Waals surface area contributed by atoms with Gasteiger partial charge in [-0.25, -0.2) is 13.8 Å². The maximum absolute atomic E-state index is 13.6. The Balaban J connectivity index is 2.36. The number of halogens is 3. The number of rotatable bonds is 3. The Kier molecular flexibility index (Phi) is 4.06. The van der Waals surface area contributed by atoms with Gasteiger partial charge in [0, 0.05) is 4.47 Å². The lowest BCUT2D eigenvalue weighted by atomic mass is 10.3. The van der Waals surface area contributed by atoms with E-state index in [0.29, 0.717) is 10.2 Å². The van der Waals surface area contributed by atoms with Gasteiger partial charge in [0.25, 0.3) is 0 Å². The minimum atomic E-state index is -0.727. The summed E-state index contributed by atoms with van der Waals surface area (Å²) in [5, 5.41) is 2.57. The van der Waals surface area contributed by atoms with Crippen LogP contribution in [-0.4, -0.2) is 9.97 Å². The van der Waals surface area contributed by atoms with Gasteiger partial charge in [0.05, 0.1) is 5.69 Å². The quantitative estimate of drug-likeness (QED) is 0.837. The molecule has 2 aromatic rings. The first-order valence-electron chi connectivity index (χ1n) is 5.16. The van der Waals surface area contributed by atoms with E-state index in [9.17, 15) is 8.78 Å². The van der Waals surface area contributed by atoms with E-state index >= 15 is 0 Å². The normalized spacial score (nSPS) is 10.3. The van der Waals surface area contributed by atoms with Crippen molar-refractivity contribution in [3.8, 4) is 0 Å². The van der Waals surface area contributed by atoms with Crippen LogP contribution in [0.3, 0.4) is 0 Å². The zero-order chi connectivity index (χ0) is 14.0. The fourth-order valence-corrected chi connectivity index (χ4v) is 1.95. The summed E-state index contributed by atoms with van der Waals surface area (Å²) in [6, 6.07) is 7.12. The highest BCUT2D eigenvalue weighted by molar-refractivity contribution is 9.10. The first kappa shape index (κ1) is 13.8. The van der Waals surface area contributed by atoms with Crippen molar-refractivity contribution in [3.63, 3.8) is 0 Å². The second-order valence-electron chi connectivity index (χ2n) is 3.64. The molecule has 0 amide bonds. The molecule has 0 fully saturated rings. The molecule has 0 unspecified atom stereocenters. The molecule has 0 bridgehead atoms. The van der Waals surface area contributed by atoms with Gasteiger partial charge in [0.2, 0.25) is 0 Å². The van der Waals surface area contributed by atoms with Crippen molar-refractivity contribution in [2.75, 3.05) is 5.32 Å². The number of nitrogens with one attached hydrogen (secondary N) is 1. The van der Waals surface area contributed by atoms with Crippen LogP contribution in [0.15, 0.2) is 34.8 Å². The number of hydrogen-bond donors (Lipinski definition) is 2. The predicted molar refractivity (Wildman–Crippen MR) is 77.5 cm³/mol. The van der Waals surface area contributed by atoms with E-state index in [0.717, 1.165) is 12.1 Å². The standard InChI is InChI=1S/C12H8BrF2N3S/c13-6-4-7(14)11(8(15)5-6)18-10-3-1-2-9(17-10)12(16)19/h1-5H,(H2,16,19)(H,17,18). The first-order valence-corrected chi connectivity index (χ1v) is 6.36. The van der Waals surface area contributed by atoms with E-state index in [2.05, 4.69) is 26.2 Å². The summed E-state index contributed by atoms with van der Waals surface area (Å²) in [7, 11) is 0. The number of hydrogen-bond acceptors (Lipinski definition) is 3. The Hall–Kier alpha value is -1.60. The van der Waals surface area contributed by atoms with Gasteiger partial charge in [-0.15, -0.1) is 0 Å². The van der Waals surface area contributed by atoms with E-state index in [-0.39, 0.29) is 16.5 Å². The molecule has 19 heavy (non-hydrogen) atoms. The molecule has 1 heterocycles. The molecule has 0 radical (unpaired) electrons. The SMILES string of the molecule is NC(=S)c1cccc(Nc2c(F)cc(Br)cc2F)n1. The summed E-state index contributed by atoms with van der Waals surface area (Å²) in [5.41, 5.74) is 5.53. The van der Waals surface area contributed by atoms with Crippen molar-refractivity contribution in [2.45, 2.75) is 0 Å². The molecule has 3 nitrogen and oxygen atoms in total. The van der Waals surface area contributed by atoms with Crippen LogP contribution < -0.4 is 11.1 Å². The van der Waals surface area contributed by atoms with Crippen LogP contribution in [0.4, 0.5) is 20.3 Å². The Labute approximate surface area is 122 Å². The van der Waals surface area contributed by atoms with Crippen LogP contribution >= 0.6 is 28.1 Å². The lowest BCUT2D eigenvalue weighted by Gasteiger charge is -2.09. The number of aromatic nitrogens is 1. The summed E-state index contributed by atoms with van der Waals surface area (Å²) in [5.74, 6) is -1.20. The molecule has 0 saturated heterocycles. The minimum Gasteiger partial charge on any atom is -0.388 e. The average molecular weight is 344 g/mol. The van der Waals surface area contributed by atoms with Gasteiger partial charge in [0.15, 0.2) is 11.6 Å². The Morgan fingerprint density at radius 2 is 1.89 bits per heavy atom. The van der Waals surface area contributed by atoms with Gasteiger partial charge < -0.3 is 11.1 Å². The highest BCUT2D eigenvalue weighted by Crippen LogP contribution is 2.26. The van der Waals surface area contributed by atoms with Crippen LogP contribution in [0, 0.1) is 11.6 Å². The Bertz CT molecular complexity index is 626. The molecular weight excluding hydrogens is 336 g/mol. The van der Waals surface area contributed by atoms with Crippen LogP contribution in [0.5, 0.6) is 0 Å². The monoisotopic (exact) mass is 343 g/mol. The van der Waals surface area contributed by atoms with Gasteiger partial charge >= 0.3 is 0 Å². The molecule has 0 aliphatic carbocycles. The Morgan fingerprint density at radius 3 is 2.47 bits per heavy atom. The lowest BCUT2D eigenvalue weighted by molar-refractivity contribution is 0.589. The fraction of sp³-hybridized carbons (Fsp3) is 0. The third-order valence-corrected chi connectivity index (χ3v) is 2.93. The third-order valence-electron chi connectivity index (χ3n) is 2.26. The summed E-state index contributed by atoms with van der Waals surface area (Å²) in [6.07, 6.45) is 0. The molecule has 7 heteroatoms. The number of nitrogens with zero attached hydrogens (tertiary/aromatic N) is 1. The van der Waals surface area contributed by atoms with E-state index in [4.69, 9.17) is 18.0 Å². The first-order chi connectivity index (χ1) is 8.97. The third kappa shape index (κ3) is 3.24. The molecule has 2 rings (SSSR count). The second-order valence-corrected chi connectivity index (χ2v) is 5.00. The number of anilines is 2.